The van der Waals surface area contributed by atoms with Gasteiger partial charge in [-0.3, -0.25) is 14.9 Å². The number of hydrogen-bond donors (Lipinski definition) is 3. The largest absolute Gasteiger partial charge is 0.477 e. The molecule has 0 radical (unpaired) electrons. The Hall–Kier alpha value is -3.68. The highest BCUT2D eigenvalue weighted by atomic mass is 16.6. The fourth-order valence-electron chi connectivity index (χ4n) is 2.36. The molecule has 120 valence electrons. The number of anilines is 1. The summed E-state index contributed by atoms with van der Waals surface area (Å²) in [6, 6.07) is 12.3. The first-order chi connectivity index (χ1) is 11.5. The summed E-state index contributed by atoms with van der Waals surface area (Å²) in [5.74, 6) is -1.65. The zero-order chi connectivity index (χ0) is 17.3. The number of aromatic nitrogens is 1. The fraction of sp³-hybridized carbons (Fsp3) is 0. The van der Waals surface area contributed by atoms with Gasteiger partial charge in [0.2, 0.25) is 0 Å². The minimum Gasteiger partial charge on any atom is -0.477 e. The van der Waals surface area contributed by atoms with Crippen LogP contribution in [-0.2, 0) is 0 Å². The molecule has 0 aliphatic rings. The molecule has 0 unspecified atom stereocenters. The highest BCUT2D eigenvalue weighted by Gasteiger charge is 2.20. The van der Waals surface area contributed by atoms with Crippen molar-refractivity contribution in [3.05, 3.63) is 69.9 Å². The number of rotatable bonds is 4. The van der Waals surface area contributed by atoms with Crippen molar-refractivity contribution in [1.29, 1.82) is 0 Å². The number of fused-ring (bicyclic) bond motifs is 1. The van der Waals surface area contributed by atoms with Crippen molar-refractivity contribution in [2.24, 2.45) is 0 Å². The van der Waals surface area contributed by atoms with Crippen LogP contribution in [0.3, 0.4) is 0 Å². The number of hydrogen-bond acceptors (Lipinski definition) is 4. The van der Waals surface area contributed by atoms with E-state index in [-0.39, 0.29) is 28.0 Å². The molecule has 3 N–H and O–H groups in total. The van der Waals surface area contributed by atoms with E-state index in [0.717, 1.165) is 0 Å². The number of aromatic amines is 1. The van der Waals surface area contributed by atoms with Crippen molar-refractivity contribution >= 4 is 34.2 Å². The molecular formula is C16H11N3O5. The number of H-pyrrole nitrogens is 1. The van der Waals surface area contributed by atoms with Gasteiger partial charge in [0.1, 0.15) is 11.2 Å². The van der Waals surface area contributed by atoms with Crippen LogP contribution in [0.25, 0.3) is 10.9 Å². The number of amides is 1. The van der Waals surface area contributed by atoms with Gasteiger partial charge in [-0.25, -0.2) is 4.79 Å². The van der Waals surface area contributed by atoms with Gasteiger partial charge in [-0.05, 0) is 24.3 Å². The number of carboxylic acids is 1. The van der Waals surface area contributed by atoms with Crippen molar-refractivity contribution in [2.75, 3.05) is 5.32 Å². The van der Waals surface area contributed by atoms with Gasteiger partial charge in [-0.15, -0.1) is 0 Å². The molecule has 0 spiro atoms. The monoisotopic (exact) mass is 325 g/mol. The van der Waals surface area contributed by atoms with E-state index in [1.165, 1.54) is 18.2 Å². The lowest BCUT2D eigenvalue weighted by Gasteiger charge is -2.07. The Kier molecular flexibility index (Phi) is 3.70. The Morgan fingerprint density at radius 2 is 1.83 bits per heavy atom. The molecular weight excluding hydrogens is 314 g/mol. The van der Waals surface area contributed by atoms with Crippen LogP contribution in [0, 0.1) is 10.1 Å². The first kappa shape index (κ1) is 15.2. The zero-order valence-electron chi connectivity index (χ0n) is 12.1. The summed E-state index contributed by atoms with van der Waals surface area (Å²) in [6.45, 7) is 0. The Balaban J connectivity index is 2.08. The lowest BCUT2D eigenvalue weighted by atomic mass is 10.1. The Bertz CT molecular complexity index is 963. The Morgan fingerprint density at radius 1 is 1.12 bits per heavy atom. The molecule has 0 aliphatic carbocycles. The third-order valence-corrected chi connectivity index (χ3v) is 3.48. The molecule has 3 aromatic rings. The van der Waals surface area contributed by atoms with Crippen LogP contribution in [0.4, 0.5) is 11.4 Å². The molecule has 8 nitrogen and oxygen atoms in total. The number of carbonyl (C=O) groups is 2. The summed E-state index contributed by atoms with van der Waals surface area (Å²) in [4.78, 5) is 36.4. The number of nitro groups is 1. The van der Waals surface area contributed by atoms with Crippen LogP contribution >= 0.6 is 0 Å². The lowest BCUT2D eigenvalue weighted by molar-refractivity contribution is -0.383. The van der Waals surface area contributed by atoms with Gasteiger partial charge in [0.25, 0.3) is 11.6 Å². The van der Waals surface area contributed by atoms with Gasteiger partial charge in [-0.1, -0.05) is 18.2 Å². The van der Waals surface area contributed by atoms with Crippen LogP contribution in [0.1, 0.15) is 20.8 Å². The predicted molar refractivity (Wildman–Crippen MR) is 86.3 cm³/mol. The second-order valence-corrected chi connectivity index (χ2v) is 4.99. The maximum atomic E-state index is 12.2. The SMILES string of the molecule is O=C(Nc1ccc([N+](=O)[O-])c2[nH]c(C(=O)O)cc12)c1ccccc1. The molecule has 0 saturated heterocycles. The van der Waals surface area contributed by atoms with Gasteiger partial charge >= 0.3 is 5.97 Å². The van der Waals surface area contributed by atoms with E-state index < -0.39 is 16.8 Å². The third kappa shape index (κ3) is 2.68. The second kappa shape index (κ2) is 5.84. The normalized spacial score (nSPS) is 10.5. The number of carboxylic acid groups (broad SMARTS) is 1. The van der Waals surface area contributed by atoms with Gasteiger partial charge < -0.3 is 15.4 Å². The molecule has 2 aromatic carbocycles. The van der Waals surface area contributed by atoms with E-state index in [1.54, 1.807) is 30.3 Å². The van der Waals surface area contributed by atoms with Gasteiger partial charge in [0, 0.05) is 17.0 Å². The molecule has 0 bridgehead atoms. The molecule has 0 atom stereocenters. The van der Waals surface area contributed by atoms with E-state index in [2.05, 4.69) is 10.3 Å². The number of non-ortho nitro benzene ring substituents is 1. The van der Waals surface area contributed by atoms with Gasteiger partial charge in [0.15, 0.2) is 0 Å². The summed E-state index contributed by atoms with van der Waals surface area (Å²) < 4.78 is 0. The summed E-state index contributed by atoms with van der Waals surface area (Å²) in [6.07, 6.45) is 0. The number of benzene rings is 2. The molecule has 0 saturated carbocycles. The minimum atomic E-state index is -1.25. The van der Waals surface area contributed by atoms with Crippen molar-refractivity contribution in [3.63, 3.8) is 0 Å². The summed E-state index contributed by atoms with van der Waals surface area (Å²) in [7, 11) is 0. The average molecular weight is 325 g/mol. The van der Waals surface area contributed by atoms with Crippen molar-refractivity contribution < 1.29 is 19.6 Å². The first-order valence-electron chi connectivity index (χ1n) is 6.87. The molecule has 24 heavy (non-hydrogen) atoms. The number of nitrogens with one attached hydrogen (secondary N) is 2. The number of aromatic carboxylic acids is 1. The number of carbonyl (C=O) groups excluding carboxylic acids is 1. The zero-order valence-corrected chi connectivity index (χ0v) is 12.1. The minimum absolute atomic E-state index is 0.0447. The van der Waals surface area contributed by atoms with E-state index in [1.807, 2.05) is 0 Å². The van der Waals surface area contributed by atoms with Crippen molar-refractivity contribution in [1.82, 2.24) is 4.98 Å². The van der Waals surface area contributed by atoms with Crippen LogP contribution in [-0.4, -0.2) is 26.9 Å². The van der Waals surface area contributed by atoms with Crippen LogP contribution < -0.4 is 5.32 Å². The standard InChI is InChI=1S/C16H11N3O5/c20-15(9-4-2-1-3-5-9)18-11-6-7-13(19(23)24)14-10(11)8-12(17-14)16(21)22/h1-8,17H,(H,18,20)(H,21,22). The average Bonchev–Trinajstić information content (AvgIpc) is 3.01. The molecule has 0 aliphatic heterocycles. The molecule has 3 rings (SSSR count). The van der Waals surface area contributed by atoms with Crippen LogP contribution in [0.5, 0.6) is 0 Å². The summed E-state index contributed by atoms with van der Waals surface area (Å²) >= 11 is 0. The van der Waals surface area contributed by atoms with E-state index >= 15 is 0 Å². The van der Waals surface area contributed by atoms with Gasteiger partial charge in [0.05, 0.1) is 10.6 Å². The maximum Gasteiger partial charge on any atom is 0.352 e. The summed E-state index contributed by atoms with van der Waals surface area (Å²) in [5.41, 5.74) is 0.277. The molecule has 1 amide bonds. The van der Waals surface area contributed by atoms with E-state index in [4.69, 9.17) is 5.11 Å². The maximum absolute atomic E-state index is 12.2. The van der Waals surface area contributed by atoms with E-state index in [0.29, 0.717) is 5.56 Å². The lowest BCUT2D eigenvalue weighted by Crippen LogP contribution is -2.11. The number of nitro benzene ring substituents is 1. The smallest absolute Gasteiger partial charge is 0.352 e. The molecule has 1 heterocycles. The quantitative estimate of drug-likeness (QED) is 0.502. The van der Waals surface area contributed by atoms with Gasteiger partial charge in [-0.2, -0.15) is 0 Å². The van der Waals surface area contributed by atoms with Crippen molar-refractivity contribution in [3.8, 4) is 0 Å². The molecule has 0 fully saturated rings. The molecule has 8 heteroatoms. The Labute approximate surface area is 134 Å². The van der Waals surface area contributed by atoms with Crippen molar-refractivity contribution in [2.45, 2.75) is 0 Å². The fourth-order valence-corrected chi connectivity index (χ4v) is 2.36. The van der Waals surface area contributed by atoms with Crippen LogP contribution in [0.2, 0.25) is 0 Å². The van der Waals surface area contributed by atoms with Crippen LogP contribution in [0.15, 0.2) is 48.5 Å². The highest BCUT2D eigenvalue weighted by Crippen LogP contribution is 2.32. The topological polar surface area (TPSA) is 125 Å². The summed E-state index contributed by atoms with van der Waals surface area (Å²) in [5, 5.41) is 23.1. The third-order valence-electron chi connectivity index (χ3n) is 3.48. The number of nitrogens with zero attached hydrogens (tertiary/aromatic N) is 1. The second-order valence-electron chi connectivity index (χ2n) is 4.99. The van der Waals surface area contributed by atoms with E-state index in [9.17, 15) is 19.7 Å². The molecule has 1 aromatic heterocycles. The Morgan fingerprint density at radius 3 is 2.46 bits per heavy atom. The first-order valence-corrected chi connectivity index (χ1v) is 6.87. The predicted octanol–water partition coefficient (Wildman–Crippen LogP) is 3.03. The highest BCUT2D eigenvalue weighted by molar-refractivity contribution is 6.11.